The second kappa shape index (κ2) is 9.52. The number of guanidine groups is 1. The van der Waals surface area contributed by atoms with Gasteiger partial charge in [-0.1, -0.05) is 24.3 Å². The molecule has 0 aliphatic carbocycles. The van der Waals surface area contributed by atoms with Gasteiger partial charge in [-0.2, -0.15) is 0 Å². The highest BCUT2D eigenvalue weighted by Crippen LogP contribution is 2.30. The largest absolute Gasteiger partial charge is 0.495 e. The van der Waals surface area contributed by atoms with Gasteiger partial charge < -0.3 is 24.8 Å². The molecule has 158 valence electrons. The summed E-state index contributed by atoms with van der Waals surface area (Å²) in [4.78, 5) is 11.2. The fourth-order valence-corrected chi connectivity index (χ4v) is 4.02. The summed E-state index contributed by atoms with van der Waals surface area (Å²) >= 11 is 0. The second-order valence-corrected chi connectivity index (χ2v) is 7.53. The minimum Gasteiger partial charge on any atom is -0.495 e. The smallest absolute Gasteiger partial charge is 0.191 e. The van der Waals surface area contributed by atoms with Gasteiger partial charge in [0.2, 0.25) is 0 Å². The zero-order valence-corrected chi connectivity index (χ0v) is 17.7. The van der Waals surface area contributed by atoms with E-state index in [4.69, 9.17) is 4.74 Å². The first-order chi connectivity index (χ1) is 14.8. The van der Waals surface area contributed by atoms with E-state index in [9.17, 15) is 0 Å². The van der Waals surface area contributed by atoms with Gasteiger partial charge in [-0.3, -0.25) is 4.99 Å². The van der Waals surface area contributed by atoms with Gasteiger partial charge in [-0.05, 0) is 37.1 Å². The summed E-state index contributed by atoms with van der Waals surface area (Å²) in [6.45, 7) is 3.72. The van der Waals surface area contributed by atoms with Crippen LogP contribution in [0.3, 0.4) is 0 Å². The standard InChI is InChI=1S/C23H30N6O/c1-24-23(25-13-7-14-29-17-26-19-8-3-4-9-20(19)29)27-18-12-15-28(16-18)21-10-5-6-11-22(21)30-2/h3-6,8-11,17-18H,7,12-16H2,1-2H3,(H2,24,25,27). The summed E-state index contributed by atoms with van der Waals surface area (Å²) < 4.78 is 7.72. The van der Waals surface area contributed by atoms with Crippen LogP contribution in [0.15, 0.2) is 59.9 Å². The predicted octanol–water partition coefficient (Wildman–Crippen LogP) is 2.88. The molecule has 2 heterocycles. The van der Waals surface area contributed by atoms with Crippen molar-refractivity contribution in [3.63, 3.8) is 0 Å². The van der Waals surface area contributed by atoms with Crippen molar-refractivity contribution >= 4 is 22.7 Å². The number of anilines is 1. The number of fused-ring (bicyclic) bond motifs is 1. The van der Waals surface area contributed by atoms with E-state index in [0.29, 0.717) is 6.04 Å². The molecule has 0 bridgehead atoms. The van der Waals surface area contributed by atoms with Gasteiger partial charge in [0.1, 0.15) is 5.75 Å². The number of methoxy groups -OCH3 is 1. The number of rotatable bonds is 7. The van der Waals surface area contributed by atoms with Crippen molar-refractivity contribution in [2.45, 2.75) is 25.4 Å². The SMILES string of the molecule is CN=C(NCCCn1cnc2ccccc21)NC1CCN(c2ccccc2OC)C1. The summed E-state index contributed by atoms with van der Waals surface area (Å²) in [7, 11) is 3.55. The molecule has 4 rings (SSSR count). The molecule has 2 aromatic carbocycles. The third-order valence-electron chi connectivity index (χ3n) is 5.57. The molecule has 1 fully saturated rings. The molecule has 7 nitrogen and oxygen atoms in total. The number of para-hydroxylation sites is 4. The van der Waals surface area contributed by atoms with Crippen molar-refractivity contribution in [1.82, 2.24) is 20.2 Å². The molecule has 7 heteroatoms. The number of imidazole rings is 1. The molecule has 2 N–H and O–H groups in total. The van der Waals surface area contributed by atoms with Crippen LogP contribution in [0, 0.1) is 0 Å². The fourth-order valence-electron chi connectivity index (χ4n) is 4.02. The Labute approximate surface area is 177 Å². The second-order valence-electron chi connectivity index (χ2n) is 7.53. The van der Waals surface area contributed by atoms with Crippen LogP contribution in [0.2, 0.25) is 0 Å². The van der Waals surface area contributed by atoms with Crippen molar-refractivity contribution < 1.29 is 4.74 Å². The lowest BCUT2D eigenvalue weighted by Gasteiger charge is -2.22. The van der Waals surface area contributed by atoms with E-state index in [0.717, 1.165) is 61.9 Å². The number of aryl methyl sites for hydroxylation is 1. The van der Waals surface area contributed by atoms with Gasteiger partial charge in [-0.15, -0.1) is 0 Å². The number of nitrogens with zero attached hydrogens (tertiary/aromatic N) is 4. The lowest BCUT2D eigenvalue weighted by Crippen LogP contribution is -2.45. The molecule has 0 amide bonds. The average Bonchev–Trinajstić information content (AvgIpc) is 3.43. The molecule has 0 saturated carbocycles. The number of hydrogen-bond donors (Lipinski definition) is 2. The summed E-state index contributed by atoms with van der Waals surface area (Å²) in [5, 5.41) is 7.01. The first-order valence-corrected chi connectivity index (χ1v) is 10.5. The van der Waals surface area contributed by atoms with Gasteiger partial charge in [0.25, 0.3) is 0 Å². The molecule has 0 spiro atoms. The van der Waals surface area contributed by atoms with Crippen molar-refractivity contribution in [3.05, 3.63) is 54.9 Å². The molecular weight excluding hydrogens is 376 g/mol. The van der Waals surface area contributed by atoms with Gasteiger partial charge in [0.05, 0.1) is 30.2 Å². The van der Waals surface area contributed by atoms with Gasteiger partial charge in [-0.25, -0.2) is 4.98 Å². The Morgan fingerprint density at radius 3 is 2.90 bits per heavy atom. The van der Waals surface area contributed by atoms with Crippen LogP contribution >= 0.6 is 0 Å². The maximum atomic E-state index is 5.51. The summed E-state index contributed by atoms with van der Waals surface area (Å²) in [6.07, 6.45) is 3.99. The van der Waals surface area contributed by atoms with Crippen molar-refractivity contribution in [2.24, 2.45) is 4.99 Å². The fraction of sp³-hybridized carbons (Fsp3) is 0.391. The Balaban J connectivity index is 1.24. The first kappa shape index (κ1) is 20.1. The third-order valence-corrected chi connectivity index (χ3v) is 5.57. The average molecular weight is 407 g/mol. The molecule has 1 saturated heterocycles. The van der Waals surface area contributed by atoms with Crippen molar-refractivity contribution in [1.29, 1.82) is 0 Å². The molecule has 1 aromatic heterocycles. The highest BCUT2D eigenvalue weighted by Gasteiger charge is 2.25. The third kappa shape index (κ3) is 4.50. The number of aromatic nitrogens is 2. The Hall–Kier alpha value is -3.22. The zero-order chi connectivity index (χ0) is 20.8. The van der Waals surface area contributed by atoms with E-state index in [1.54, 1.807) is 7.11 Å². The van der Waals surface area contributed by atoms with Crippen LogP contribution in [0.4, 0.5) is 5.69 Å². The Kier molecular flexibility index (Phi) is 6.37. The highest BCUT2D eigenvalue weighted by molar-refractivity contribution is 5.80. The molecular formula is C23H30N6O. The number of nitrogens with one attached hydrogen (secondary N) is 2. The highest BCUT2D eigenvalue weighted by atomic mass is 16.5. The predicted molar refractivity (Wildman–Crippen MR) is 122 cm³/mol. The van der Waals surface area contributed by atoms with Crippen LogP contribution in [0.1, 0.15) is 12.8 Å². The van der Waals surface area contributed by atoms with Crippen LogP contribution in [-0.2, 0) is 6.54 Å². The van der Waals surface area contributed by atoms with E-state index < -0.39 is 0 Å². The lowest BCUT2D eigenvalue weighted by atomic mass is 10.2. The summed E-state index contributed by atoms with van der Waals surface area (Å²) in [6, 6.07) is 16.8. The Morgan fingerprint density at radius 2 is 2.03 bits per heavy atom. The molecule has 1 atom stereocenters. The minimum absolute atomic E-state index is 0.360. The van der Waals surface area contributed by atoms with Crippen molar-refractivity contribution in [3.8, 4) is 5.75 Å². The zero-order valence-electron chi connectivity index (χ0n) is 17.7. The molecule has 1 aliphatic rings. The van der Waals surface area contributed by atoms with Crippen LogP contribution < -0.4 is 20.3 Å². The van der Waals surface area contributed by atoms with E-state index in [1.807, 2.05) is 37.6 Å². The van der Waals surface area contributed by atoms with Gasteiger partial charge >= 0.3 is 0 Å². The van der Waals surface area contributed by atoms with Crippen LogP contribution in [-0.4, -0.2) is 55.3 Å². The molecule has 1 aliphatic heterocycles. The molecule has 3 aromatic rings. The number of aliphatic imine (C=N–C) groups is 1. The van der Waals surface area contributed by atoms with E-state index in [2.05, 4.69) is 54.3 Å². The van der Waals surface area contributed by atoms with Gasteiger partial charge in [0.15, 0.2) is 5.96 Å². The number of hydrogen-bond acceptors (Lipinski definition) is 4. The van der Waals surface area contributed by atoms with Gasteiger partial charge in [0, 0.05) is 39.3 Å². The lowest BCUT2D eigenvalue weighted by molar-refractivity contribution is 0.415. The topological polar surface area (TPSA) is 66.7 Å². The van der Waals surface area contributed by atoms with E-state index in [-0.39, 0.29) is 0 Å². The molecule has 1 unspecified atom stereocenters. The summed E-state index contributed by atoms with van der Waals surface area (Å²) in [5.74, 6) is 1.78. The molecule has 0 radical (unpaired) electrons. The minimum atomic E-state index is 0.360. The number of benzene rings is 2. The maximum Gasteiger partial charge on any atom is 0.191 e. The monoisotopic (exact) mass is 406 g/mol. The quantitative estimate of drug-likeness (QED) is 0.359. The van der Waals surface area contributed by atoms with E-state index in [1.165, 1.54) is 5.52 Å². The first-order valence-electron chi connectivity index (χ1n) is 10.5. The normalized spacial score (nSPS) is 16.8. The van der Waals surface area contributed by atoms with Crippen molar-refractivity contribution in [2.75, 3.05) is 38.7 Å². The van der Waals surface area contributed by atoms with Crippen LogP contribution in [0.5, 0.6) is 5.75 Å². The summed E-state index contributed by atoms with van der Waals surface area (Å²) in [5.41, 5.74) is 3.38. The molecule has 30 heavy (non-hydrogen) atoms. The Bertz CT molecular complexity index is 998. The maximum absolute atomic E-state index is 5.51. The van der Waals surface area contributed by atoms with E-state index >= 15 is 0 Å². The Morgan fingerprint density at radius 1 is 1.20 bits per heavy atom. The van der Waals surface area contributed by atoms with Crippen LogP contribution in [0.25, 0.3) is 11.0 Å². The number of ether oxygens (including phenoxy) is 1.